The Morgan fingerprint density at radius 1 is 1.47 bits per heavy atom. The first-order valence-corrected chi connectivity index (χ1v) is 6.21. The van der Waals surface area contributed by atoms with Gasteiger partial charge in [0.15, 0.2) is 5.03 Å². The predicted molar refractivity (Wildman–Crippen MR) is 57.9 cm³/mol. The summed E-state index contributed by atoms with van der Waals surface area (Å²) in [6.07, 6.45) is -1.42. The van der Waals surface area contributed by atoms with Crippen LogP contribution in [0.15, 0.2) is 23.4 Å². The van der Waals surface area contributed by atoms with Crippen molar-refractivity contribution in [2.45, 2.75) is 18.0 Å². The van der Waals surface area contributed by atoms with Gasteiger partial charge in [-0.05, 0) is 11.6 Å². The van der Waals surface area contributed by atoms with Crippen LogP contribution in [0.5, 0.6) is 0 Å². The monoisotopic (exact) mass is 265 g/mol. The quantitative estimate of drug-likeness (QED) is 0.837. The van der Waals surface area contributed by atoms with Crippen LogP contribution < -0.4 is 5.73 Å². The molecule has 0 aliphatic rings. The second-order valence-electron chi connectivity index (χ2n) is 3.39. The smallest absolute Gasteiger partial charge is 0.260 e. The molecule has 8 heteroatoms. The molecular weight excluding hydrogens is 252 g/mol. The number of nitrogens with zero attached hydrogens (tertiary/aromatic N) is 2. The fourth-order valence-electron chi connectivity index (χ4n) is 1.14. The average Bonchev–Trinajstić information content (AvgIpc) is 2.28. The molecule has 0 spiro atoms. The van der Waals surface area contributed by atoms with Gasteiger partial charge < -0.3 is 5.73 Å². The van der Waals surface area contributed by atoms with Crippen molar-refractivity contribution >= 4 is 10.0 Å². The first kappa shape index (κ1) is 13.9. The molecule has 0 saturated carbocycles. The molecule has 0 fully saturated rings. The fourth-order valence-corrected chi connectivity index (χ4v) is 2.19. The Balaban J connectivity index is 2.96. The van der Waals surface area contributed by atoms with Crippen molar-refractivity contribution in [3.05, 3.63) is 23.9 Å². The van der Waals surface area contributed by atoms with E-state index in [9.17, 15) is 17.2 Å². The Kier molecular flexibility index (Phi) is 4.49. The van der Waals surface area contributed by atoms with Crippen molar-refractivity contribution in [3.63, 3.8) is 0 Å². The summed E-state index contributed by atoms with van der Waals surface area (Å²) >= 11 is 0. The Morgan fingerprint density at radius 2 is 2.12 bits per heavy atom. The van der Waals surface area contributed by atoms with Crippen LogP contribution in [0.2, 0.25) is 0 Å². The second-order valence-corrected chi connectivity index (χ2v) is 5.38. The van der Waals surface area contributed by atoms with E-state index in [1.165, 1.54) is 18.3 Å². The average molecular weight is 265 g/mol. The van der Waals surface area contributed by atoms with Gasteiger partial charge in [-0.2, -0.15) is 4.31 Å². The normalized spacial score (nSPS) is 12.4. The summed E-state index contributed by atoms with van der Waals surface area (Å²) in [4.78, 5) is 3.70. The van der Waals surface area contributed by atoms with E-state index >= 15 is 0 Å². The molecule has 0 aromatic carbocycles. The lowest BCUT2D eigenvalue weighted by Gasteiger charge is -2.15. The van der Waals surface area contributed by atoms with E-state index in [1.807, 2.05) is 0 Å². The van der Waals surface area contributed by atoms with Gasteiger partial charge in [-0.15, -0.1) is 0 Å². The molecule has 0 amide bonds. The molecule has 17 heavy (non-hydrogen) atoms. The van der Waals surface area contributed by atoms with Gasteiger partial charge in [-0.25, -0.2) is 22.2 Å². The molecule has 0 unspecified atom stereocenters. The first-order valence-electron chi connectivity index (χ1n) is 4.77. The molecule has 0 bridgehead atoms. The highest BCUT2D eigenvalue weighted by atomic mass is 32.2. The molecule has 0 aliphatic carbocycles. The van der Waals surface area contributed by atoms with E-state index in [4.69, 9.17) is 5.73 Å². The lowest BCUT2D eigenvalue weighted by molar-refractivity contribution is 0.126. The highest BCUT2D eigenvalue weighted by Crippen LogP contribution is 2.13. The number of sulfonamides is 1. The van der Waals surface area contributed by atoms with Crippen LogP contribution in [0.1, 0.15) is 5.56 Å². The molecule has 0 saturated heterocycles. The van der Waals surface area contributed by atoms with Crippen molar-refractivity contribution < 1.29 is 17.2 Å². The maximum atomic E-state index is 12.1. The van der Waals surface area contributed by atoms with Crippen LogP contribution in [0.3, 0.4) is 0 Å². The summed E-state index contributed by atoms with van der Waals surface area (Å²) in [5.41, 5.74) is 6.00. The van der Waals surface area contributed by atoms with E-state index in [2.05, 4.69) is 4.98 Å². The standard InChI is InChI=1S/C9H13F2N3O2S/c1-14(6-8(10)11)17(15,16)9-3-2-7(4-12)5-13-9/h2-3,5,8H,4,6,12H2,1H3. The van der Waals surface area contributed by atoms with E-state index in [0.717, 1.165) is 7.05 Å². The summed E-state index contributed by atoms with van der Waals surface area (Å²) in [5.74, 6) is 0. The third kappa shape index (κ3) is 3.42. The third-order valence-corrected chi connectivity index (χ3v) is 3.84. The van der Waals surface area contributed by atoms with Crippen LogP contribution in [0.25, 0.3) is 0 Å². The molecule has 1 rings (SSSR count). The Labute approximate surface area is 98.3 Å². The molecule has 2 N–H and O–H groups in total. The number of nitrogens with two attached hydrogens (primary N) is 1. The lowest BCUT2D eigenvalue weighted by atomic mass is 10.3. The maximum Gasteiger partial charge on any atom is 0.260 e. The highest BCUT2D eigenvalue weighted by Gasteiger charge is 2.24. The zero-order valence-corrected chi connectivity index (χ0v) is 9.99. The van der Waals surface area contributed by atoms with E-state index in [0.29, 0.717) is 9.87 Å². The third-order valence-electron chi connectivity index (χ3n) is 2.10. The van der Waals surface area contributed by atoms with E-state index < -0.39 is 23.0 Å². The second kappa shape index (κ2) is 5.48. The number of aromatic nitrogens is 1. The molecule has 1 heterocycles. The van der Waals surface area contributed by atoms with Crippen molar-refractivity contribution in [1.82, 2.24) is 9.29 Å². The largest absolute Gasteiger partial charge is 0.326 e. The summed E-state index contributed by atoms with van der Waals surface area (Å²) in [6.45, 7) is -0.622. The van der Waals surface area contributed by atoms with Gasteiger partial charge in [0.25, 0.3) is 16.4 Å². The van der Waals surface area contributed by atoms with E-state index in [1.54, 1.807) is 0 Å². The first-order chi connectivity index (χ1) is 7.87. The van der Waals surface area contributed by atoms with Gasteiger partial charge in [0.1, 0.15) is 0 Å². The van der Waals surface area contributed by atoms with Crippen LogP contribution in [-0.2, 0) is 16.6 Å². The zero-order chi connectivity index (χ0) is 13.1. The van der Waals surface area contributed by atoms with Gasteiger partial charge >= 0.3 is 0 Å². The van der Waals surface area contributed by atoms with Crippen molar-refractivity contribution in [1.29, 1.82) is 0 Å². The molecule has 96 valence electrons. The summed E-state index contributed by atoms with van der Waals surface area (Å²) in [6, 6.07) is 2.75. The minimum absolute atomic E-state index is 0.236. The molecule has 5 nitrogen and oxygen atoms in total. The zero-order valence-electron chi connectivity index (χ0n) is 9.18. The molecule has 1 aromatic heterocycles. The molecule has 0 atom stereocenters. The minimum Gasteiger partial charge on any atom is -0.326 e. The molecule has 1 aromatic rings. The summed E-state index contributed by atoms with van der Waals surface area (Å²) in [7, 11) is -2.87. The number of halogens is 2. The lowest BCUT2D eigenvalue weighted by Crippen LogP contribution is -2.31. The van der Waals surface area contributed by atoms with Gasteiger partial charge in [-0.1, -0.05) is 6.07 Å². The van der Waals surface area contributed by atoms with Crippen LogP contribution in [-0.4, -0.2) is 37.7 Å². The van der Waals surface area contributed by atoms with Crippen LogP contribution in [0, 0.1) is 0 Å². The van der Waals surface area contributed by atoms with Crippen molar-refractivity contribution in [3.8, 4) is 0 Å². The maximum absolute atomic E-state index is 12.1. The topological polar surface area (TPSA) is 76.3 Å². The summed E-state index contributed by atoms with van der Waals surface area (Å²) < 4.78 is 48.3. The predicted octanol–water partition coefficient (Wildman–Crippen LogP) is 0.426. The Morgan fingerprint density at radius 3 is 2.53 bits per heavy atom. The fraction of sp³-hybridized carbons (Fsp3) is 0.444. The van der Waals surface area contributed by atoms with Crippen LogP contribution >= 0.6 is 0 Å². The van der Waals surface area contributed by atoms with Crippen molar-refractivity contribution in [2.75, 3.05) is 13.6 Å². The molecule has 0 radical (unpaired) electrons. The number of hydrogen-bond donors (Lipinski definition) is 1. The molecular formula is C9H13F2N3O2S. The molecule has 0 aliphatic heterocycles. The SMILES string of the molecule is CN(CC(F)F)S(=O)(=O)c1ccc(CN)cn1. The highest BCUT2D eigenvalue weighted by molar-refractivity contribution is 7.89. The van der Waals surface area contributed by atoms with Gasteiger partial charge in [0, 0.05) is 19.8 Å². The van der Waals surface area contributed by atoms with Gasteiger partial charge in [0.05, 0.1) is 6.54 Å². The number of alkyl halides is 2. The number of rotatable bonds is 5. The van der Waals surface area contributed by atoms with E-state index in [-0.39, 0.29) is 11.6 Å². The van der Waals surface area contributed by atoms with Crippen molar-refractivity contribution in [2.24, 2.45) is 5.73 Å². The van der Waals surface area contributed by atoms with Gasteiger partial charge in [0.2, 0.25) is 0 Å². The number of hydrogen-bond acceptors (Lipinski definition) is 4. The van der Waals surface area contributed by atoms with Crippen LogP contribution in [0.4, 0.5) is 8.78 Å². The Hall–Kier alpha value is -1.12. The minimum atomic E-state index is -3.96. The van der Waals surface area contributed by atoms with Gasteiger partial charge in [-0.3, -0.25) is 0 Å². The summed E-state index contributed by atoms with van der Waals surface area (Å²) in [5, 5.41) is -0.266. The Bertz CT molecular complexity index is 462. The number of pyridine rings is 1.